The third kappa shape index (κ3) is 3.90. The molecule has 1 aromatic rings. The van der Waals surface area contributed by atoms with Crippen LogP contribution in [0.3, 0.4) is 0 Å². The SMILES string of the molecule is CC1CNC(=O)CCN1C(=O)Nc1cccc(C(F)(F)F)c1. The molecule has 1 fully saturated rings. The van der Waals surface area contributed by atoms with Gasteiger partial charge in [0, 0.05) is 31.2 Å². The van der Waals surface area contributed by atoms with E-state index in [1.165, 1.54) is 17.0 Å². The average molecular weight is 315 g/mol. The van der Waals surface area contributed by atoms with Gasteiger partial charge in [0.2, 0.25) is 5.91 Å². The molecule has 2 rings (SSSR count). The summed E-state index contributed by atoms with van der Waals surface area (Å²) in [6, 6.07) is 3.67. The number of hydrogen-bond donors (Lipinski definition) is 2. The molecule has 0 spiro atoms. The Labute approximate surface area is 125 Å². The zero-order valence-electron chi connectivity index (χ0n) is 11.9. The van der Waals surface area contributed by atoms with Crippen molar-refractivity contribution in [2.75, 3.05) is 18.4 Å². The second kappa shape index (κ2) is 6.25. The van der Waals surface area contributed by atoms with Crippen LogP contribution in [0.5, 0.6) is 0 Å². The Morgan fingerprint density at radius 1 is 1.41 bits per heavy atom. The van der Waals surface area contributed by atoms with Crippen molar-refractivity contribution in [3.8, 4) is 0 Å². The molecule has 3 amide bonds. The Morgan fingerprint density at radius 3 is 2.82 bits per heavy atom. The molecule has 5 nitrogen and oxygen atoms in total. The fourth-order valence-electron chi connectivity index (χ4n) is 2.17. The van der Waals surface area contributed by atoms with Crippen molar-refractivity contribution in [3.63, 3.8) is 0 Å². The molecule has 0 bridgehead atoms. The lowest BCUT2D eigenvalue weighted by Crippen LogP contribution is -2.44. The van der Waals surface area contributed by atoms with Crippen molar-refractivity contribution in [3.05, 3.63) is 29.8 Å². The molecule has 0 aromatic heterocycles. The molecular weight excluding hydrogens is 299 g/mol. The molecule has 1 saturated heterocycles. The highest BCUT2D eigenvalue weighted by atomic mass is 19.4. The number of nitrogens with one attached hydrogen (secondary N) is 2. The minimum atomic E-state index is -4.47. The van der Waals surface area contributed by atoms with Crippen LogP contribution in [0.2, 0.25) is 0 Å². The van der Waals surface area contributed by atoms with E-state index in [0.717, 1.165) is 12.1 Å². The number of carbonyl (C=O) groups excluding carboxylic acids is 2. The van der Waals surface area contributed by atoms with E-state index in [2.05, 4.69) is 10.6 Å². The van der Waals surface area contributed by atoms with Crippen LogP contribution in [0, 0.1) is 0 Å². The molecule has 8 heteroatoms. The van der Waals surface area contributed by atoms with Gasteiger partial charge in [0.15, 0.2) is 0 Å². The fraction of sp³-hybridized carbons (Fsp3) is 0.429. The highest BCUT2D eigenvalue weighted by molar-refractivity contribution is 5.90. The van der Waals surface area contributed by atoms with E-state index in [-0.39, 0.29) is 30.6 Å². The van der Waals surface area contributed by atoms with E-state index in [4.69, 9.17) is 0 Å². The lowest BCUT2D eigenvalue weighted by atomic mass is 10.2. The monoisotopic (exact) mass is 315 g/mol. The fourth-order valence-corrected chi connectivity index (χ4v) is 2.17. The number of urea groups is 1. The molecule has 0 saturated carbocycles. The highest BCUT2D eigenvalue weighted by Gasteiger charge is 2.31. The summed E-state index contributed by atoms with van der Waals surface area (Å²) in [6.07, 6.45) is -4.30. The van der Waals surface area contributed by atoms with Gasteiger partial charge >= 0.3 is 12.2 Å². The zero-order valence-corrected chi connectivity index (χ0v) is 11.9. The molecule has 1 heterocycles. The van der Waals surface area contributed by atoms with Gasteiger partial charge in [-0.15, -0.1) is 0 Å². The first-order valence-corrected chi connectivity index (χ1v) is 6.79. The summed E-state index contributed by atoms with van der Waals surface area (Å²) in [5, 5.41) is 5.11. The number of amides is 3. The Balaban J connectivity index is 2.09. The molecule has 0 radical (unpaired) electrons. The van der Waals surface area contributed by atoms with Crippen LogP contribution in [0.15, 0.2) is 24.3 Å². The molecule has 120 valence electrons. The van der Waals surface area contributed by atoms with Crippen LogP contribution >= 0.6 is 0 Å². The molecule has 1 unspecified atom stereocenters. The second-order valence-corrected chi connectivity index (χ2v) is 5.11. The van der Waals surface area contributed by atoms with E-state index < -0.39 is 17.8 Å². The number of carbonyl (C=O) groups is 2. The number of hydrogen-bond acceptors (Lipinski definition) is 2. The third-order valence-corrected chi connectivity index (χ3v) is 3.41. The number of nitrogens with zero attached hydrogens (tertiary/aromatic N) is 1. The first kappa shape index (κ1) is 16.1. The van der Waals surface area contributed by atoms with Crippen LogP contribution in [0.25, 0.3) is 0 Å². The number of alkyl halides is 3. The standard InChI is InChI=1S/C14H16F3N3O2/c1-9-8-18-12(21)5-6-20(9)13(22)19-11-4-2-3-10(7-11)14(15,16)17/h2-4,7,9H,5-6,8H2,1H3,(H,18,21)(H,19,22). The number of halogens is 3. The number of anilines is 1. The summed E-state index contributed by atoms with van der Waals surface area (Å²) in [7, 11) is 0. The summed E-state index contributed by atoms with van der Waals surface area (Å²) >= 11 is 0. The Morgan fingerprint density at radius 2 is 2.14 bits per heavy atom. The van der Waals surface area contributed by atoms with Gasteiger partial charge in [-0.3, -0.25) is 4.79 Å². The maximum Gasteiger partial charge on any atom is 0.416 e. The predicted molar refractivity (Wildman–Crippen MR) is 74.3 cm³/mol. The predicted octanol–water partition coefficient (Wildman–Crippen LogP) is 2.45. The van der Waals surface area contributed by atoms with E-state index in [9.17, 15) is 22.8 Å². The molecule has 1 aliphatic rings. The summed E-state index contributed by atoms with van der Waals surface area (Å²) in [5.74, 6) is -0.152. The lowest BCUT2D eigenvalue weighted by molar-refractivity contribution is -0.137. The highest BCUT2D eigenvalue weighted by Crippen LogP contribution is 2.30. The Bertz CT molecular complexity index is 575. The summed E-state index contributed by atoms with van der Waals surface area (Å²) in [5.41, 5.74) is -0.762. The average Bonchev–Trinajstić information content (AvgIpc) is 2.60. The molecule has 0 aliphatic carbocycles. The minimum Gasteiger partial charge on any atom is -0.354 e. The van der Waals surface area contributed by atoms with Crippen LogP contribution in [0.1, 0.15) is 18.9 Å². The van der Waals surface area contributed by atoms with Crippen LogP contribution in [0.4, 0.5) is 23.7 Å². The molecule has 22 heavy (non-hydrogen) atoms. The third-order valence-electron chi connectivity index (χ3n) is 3.41. The Kier molecular flexibility index (Phi) is 4.58. The maximum absolute atomic E-state index is 12.6. The van der Waals surface area contributed by atoms with Gasteiger partial charge in [0.25, 0.3) is 0 Å². The van der Waals surface area contributed by atoms with Gasteiger partial charge in [-0.2, -0.15) is 13.2 Å². The van der Waals surface area contributed by atoms with Crippen molar-refractivity contribution < 1.29 is 22.8 Å². The smallest absolute Gasteiger partial charge is 0.354 e. The molecule has 2 N–H and O–H groups in total. The zero-order chi connectivity index (χ0) is 16.3. The summed E-state index contributed by atoms with van der Waals surface area (Å²) < 4.78 is 37.9. The normalized spacial score (nSPS) is 19.4. The maximum atomic E-state index is 12.6. The minimum absolute atomic E-state index is 0.0653. The van der Waals surface area contributed by atoms with Crippen molar-refractivity contribution in [1.29, 1.82) is 0 Å². The van der Waals surface area contributed by atoms with E-state index in [1.807, 2.05) is 0 Å². The van der Waals surface area contributed by atoms with Crippen LogP contribution in [-0.2, 0) is 11.0 Å². The summed E-state index contributed by atoms with van der Waals surface area (Å²) in [4.78, 5) is 24.9. The van der Waals surface area contributed by atoms with E-state index in [1.54, 1.807) is 6.92 Å². The number of rotatable bonds is 1. The lowest BCUT2D eigenvalue weighted by Gasteiger charge is -2.26. The van der Waals surface area contributed by atoms with Crippen LogP contribution < -0.4 is 10.6 Å². The van der Waals surface area contributed by atoms with Crippen molar-refractivity contribution >= 4 is 17.6 Å². The molecule has 1 aromatic carbocycles. The second-order valence-electron chi connectivity index (χ2n) is 5.11. The first-order valence-electron chi connectivity index (χ1n) is 6.79. The topological polar surface area (TPSA) is 61.4 Å². The van der Waals surface area contributed by atoms with Crippen molar-refractivity contribution in [1.82, 2.24) is 10.2 Å². The van der Waals surface area contributed by atoms with Gasteiger partial charge < -0.3 is 15.5 Å². The summed E-state index contributed by atoms with van der Waals surface area (Å²) in [6.45, 7) is 2.30. The van der Waals surface area contributed by atoms with Crippen molar-refractivity contribution in [2.45, 2.75) is 25.6 Å². The van der Waals surface area contributed by atoms with E-state index >= 15 is 0 Å². The first-order chi connectivity index (χ1) is 10.3. The van der Waals surface area contributed by atoms with Gasteiger partial charge in [0.05, 0.1) is 5.56 Å². The quantitative estimate of drug-likeness (QED) is 0.836. The van der Waals surface area contributed by atoms with Gasteiger partial charge in [-0.1, -0.05) is 6.07 Å². The van der Waals surface area contributed by atoms with E-state index in [0.29, 0.717) is 6.54 Å². The van der Waals surface area contributed by atoms with Crippen molar-refractivity contribution in [2.24, 2.45) is 0 Å². The van der Waals surface area contributed by atoms with Gasteiger partial charge in [-0.25, -0.2) is 4.79 Å². The van der Waals surface area contributed by atoms with Gasteiger partial charge in [-0.05, 0) is 25.1 Å². The Hall–Kier alpha value is -2.25. The largest absolute Gasteiger partial charge is 0.416 e. The molecule has 1 aliphatic heterocycles. The van der Waals surface area contributed by atoms with Crippen LogP contribution in [-0.4, -0.2) is 36.0 Å². The molecule has 1 atom stereocenters. The number of benzene rings is 1. The van der Waals surface area contributed by atoms with Gasteiger partial charge in [0.1, 0.15) is 0 Å². The molecular formula is C14H16F3N3O2.